The van der Waals surface area contributed by atoms with Crippen LogP contribution in [0.25, 0.3) is 5.65 Å². The second-order valence-corrected chi connectivity index (χ2v) is 6.43. The van der Waals surface area contributed by atoms with Gasteiger partial charge in [-0.3, -0.25) is 9.20 Å². The van der Waals surface area contributed by atoms with E-state index in [0.29, 0.717) is 10.7 Å². The minimum atomic E-state index is -0.0152. The number of aryl methyl sites for hydroxylation is 1. The van der Waals surface area contributed by atoms with Crippen molar-refractivity contribution < 1.29 is 4.79 Å². The van der Waals surface area contributed by atoms with Gasteiger partial charge in [-0.05, 0) is 25.3 Å². The Bertz CT molecular complexity index is 672. The highest BCUT2D eigenvalue weighted by atomic mass is 35.5. The highest BCUT2D eigenvalue weighted by Crippen LogP contribution is 2.20. The molecule has 1 aliphatic carbocycles. The van der Waals surface area contributed by atoms with Gasteiger partial charge in [0.15, 0.2) is 0 Å². The summed E-state index contributed by atoms with van der Waals surface area (Å²) in [5, 5.41) is 3.85. The largest absolute Gasteiger partial charge is 0.348 e. The maximum atomic E-state index is 12.8. The predicted molar refractivity (Wildman–Crippen MR) is 88.5 cm³/mol. The van der Waals surface area contributed by atoms with Gasteiger partial charge in [0.1, 0.15) is 11.3 Å². The summed E-state index contributed by atoms with van der Waals surface area (Å²) in [6, 6.07) is 3.87. The average Bonchev–Trinajstić information content (AvgIpc) is 2.67. The molecular weight excluding hydrogens is 298 g/mol. The number of imidazole rings is 1. The maximum Gasteiger partial charge on any atom is 0.270 e. The lowest BCUT2D eigenvalue weighted by Gasteiger charge is -2.16. The number of hydrogen-bond acceptors (Lipinski definition) is 2. The smallest absolute Gasteiger partial charge is 0.270 e. The second kappa shape index (κ2) is 6.69. The molecule has 1 N–H and O–H groups in total. The SMILES string of the molecule is CCc1nc2cc(Cl)ccn2c1C(=O)NC1CCCCCC1. The van der Waals surface area contributed by atoms with Gasteiger partial charge in [0.2, 0.25) is 0 Å². The van der Waals surface area contributed by atoms with E-state index in [1.165, 1.54) is 25.7 Å². The molecular formula is C17H22ClN3O. The van der Waals surface area contributed by atoms with Crippen LogP contribution in [0.2, 0.25) is 5.02 Å². The van der Waals surface area contributed by atoms with Crippen molar-refractivity contribution in [3.63, 3.8) is 0 Å². The lowest BCUT2D eigenvalue weighted by atomic mass is 10.1. The predicted octanol–water partition coefficient (Wildman–Crippen LogP) is 4.00. The molecule has 118 valence electrons. The number of rotatable bonds is 3. The number of carbonyl (C=O) groups excluding carboxylic acids is 1. The van der Waals surface area contributed by atoms with Crippen molar-refractivity contribution in [2.45, 2.75) is 57.9 Å². The van der Waals surface area contributed by atoms with Gasteiger partial charge in [0.05, 0.1) is 5.69 Å². The molecule has 1 fully saturated rings. The van der Waals surface area contributed by atoms with Gasteiger partial charge in [0.25, 0.3) is 5.91 Å². The second-order valence-electron chi connectivity index (χ2n) is 6.00. The fourth-order valence-corrected chi connectivity index (χ4v) is 3.39. The minimum Gasteiger partial charge on any atom is -0.348 e. The van der Waals surface area contributed by atoms with Crippen LogP contribution in [0, 0.1) is 0 Å². The Labute approximate surface area is 135 Å². The number of hydrogen-bond donors (Lipinski definition) is 1. The molecule has 0 aliphatic heterocycles. The first-order chi connectivity index (χ1) is 10.7. The molecule has 0 spiro atoms. The molecule has 1 aliphatic rings. The topological polar surface area (TPSA) is 46.4 Å². The van der Waals surface area contributed by atoms with E-state index in [-0.39, 0.29) is 11.9 Å². The third-order valence-corrected chi connectivity index (χ3v) is 4.64. The van der Waals surface area contributed by atoms with E-state index in [0.717, 1.165) is 30.6 Å². The first kappa shape index (κ1) is 15.3. The van der Waals surface area contributed by atoms with Crippen LogP contribution in [0.3, 0.4) is 0 Å². The Morgan fingerprint density at radius 3 is 2.77 bits per heavy atom. The van der Waals surface area contributed by atoms with Crippen molar-refractivity contribution in [1.29, 1.82) is 0 Å². The lowest BCUT2D eigenvalue weighted by Crippen LogP contribution is -2.35. The summed E-state index contributed by atoms with van der Waals surface area (Å²) < 4.78 is 1.84. The average molecular weight is 320 g/mol. The van der Waals surface area contributed by atoms with Gasteiger partial charge in [-0.25, -0.2) is 4.98 Å². The summed E-state index contributed by atoms with van der Waals surface area (Å²) >= 11 is 6.02. The number of pyridine rings is 1. The van der Waals surface area contributed by atoms with E-state index in [1.807, 2.05) is 17.5 Å². The first-order valence-electron chi connectivity index (χ1n) is 8.16. The molecule has 1 amide bonds. The first-order valence-corrected chi connectivity index (χ1v) is 8.54. The Balaban J connectivity index is 1.89. The minimum absolute atomic E-state index is 0.0152. The van der Waals surface area contributed by atoms with Gasteiger partial charge in [0, 0.05) is 23.3 Å². The van der Waals surface area contributed by atoms with Crippen LogP contribution in [0.5, 0.6) is 0 Å². The van der Waals surface area contributed by atoms with E-state index < -0.39 is 0 Å². The van der Waals surface area contributed by atoms with E-state index in [9.17, 15) is 4.79 Å². The molecule has 2 aromatic heterocycles. The third-order valence-electron chi connectivity index (χ3n) is 4.40. The third kappa shape index (κ3) is 3.12. The van der Waals surface area contributed by atoms with Crippen LogP contribution in [0.15, 0.2) is 18.3 Å². The van der Waals surface area contributed by atoms with E-state index in [1.54, 1.807) is 12.1 Å². The number of aromatic nitrogens is 2. The monoisotopic (exact) mass is 319 g/mol. The molecule has 0 saturated heterocycles. The molecule has 5 heteroatoms. The van der Waals surface area contributed by atoms with E-state index >= 15 is 0 Å². The van der Waals surface area contributed by atoms with Crippen molar-refractivity contribution in [2.75, 3.05) is 0 Å². The number of carbonyl (C=O) groups is 1. The molecule has 3 rings (SSSR count). The van der Waals surface area contributed by atoms with E-state index in [2.05, 4.69) is 10.3 Å². The van der Waals surface area contributed by atoms with Gasteiger partial charge < -0.3 is 5.32 Å². The van der Waals surface area contributed by atoms with Crippen LogP contribution >= 0.6 is 11.6 Å². The van der Waals surface area contributed by atoms with Crippen molar-refractivity contribution in [1.82, 2.24) is 14.7 Å². The van der Waals surface area contributed by atoms with Crippen molar-refractivity contribution in [2.24, 2.45) is 0 Å². The van der Waals surface area contributed by atoms with E-state index in [4.69, 9.17) is 11.6 Å². The molecule has 2 aromatic rings. The molecule has 1 saturated carbocycles. The zero-order valence-electron chi connectivity index (χ0n) is 12.9. The summed E-state index contributed by atoms with van der Waals surface area (Å²) in [5.74, 6) is -0.0152. The molecule has 0 atom stereocenters. The standard InChI is InChI=1S/C17H22ClN3O/c1-2-14-16(21-10-9-12(18)11-15(21)20-14)17(22)19-13-7-5-3-4-6-8-13/h9-11,13H,2-8H2,1H3,(H,19,22). The van der Waals surface area contributed by atoms with Crippen molar-refractivity contribution in [3.8, 4) is 0 Å². The normalized spacial score (nSPS) is 16.6. The lowest BCUT2D eigenvalue weighted by molar-refractivity contribution is 0.0926. The zero-order valence-corrected chi connectivity index (χ0v) is 13.7. The van der Waals surface area contributed by atoms with Gasteiger partial charge >= 0.3 is 0 Å². The zero-order chi connectivity index (χ0) is 15.5. The molecule has 0 aromatic carbocycles. The molecule has 4 nitrogen and oxygen atoms in total. The molecule has 22 heavy (non-hydrogen) atoms. The van der Waals surface area contributed by atoms with Crippen LogP contribution < -0.4 is 5.32 Å². The number of halogens is 1. The van der Waals surface area contributed by atoms with Crippen molar-refractivity contribution >= 4 is 23.2 Å². The van der Waals surface area contributed by atoms with Crippen LogP contribution in [0.1, 0.15) is 61.6 Å². The Hall–Kier alpha value is -1.55. The van der Waals surface area contributed by atoms with Gasteiger partial charge in [-0.15, -0.1) is 0 Å². The Kier molecular flexibility index (Phi) is 4.67. The molecule has 0 unspecified atom stereocenters. The van der Waals surface area contributed by atoms with Gasteiger partial charge in [-0.1, -0.05) is 44.2 Å². The Morgan fingerprint density at radius 2 is 2.09 bits per heavy atom. The van der Waals surface area contributed by atoms with Gasteiger partial charge in [-0.2, -0.15) is 0 Å². The number of fused-ring (bicyclic) bond motifs is 1. The molecule has 0 bridgehead atoms. The highest BCUT2D eigenvalue weighted by molar-refractivity contribution is 6.30. The number of nitrogens with zero attached hydrogens (tertiary/aromatic N) is 2. The summed E-state index contributed by atoms with van der Waals surface area (Å²) in [6.45, 7) is 2.02. The number of nitrogens with one attached hydrogen (secondary N) is 1. The summed E-state index contributed by atoms with van der Waals surface area (Å²) in [5.41, 5.74) is 2.21. The van der Waals surface area contributed by atoms with Crippen LogP contribution in [-0.4, -0.2) is 21.3 Å². The van der Waals surface area contributed by atoms with Crippen LogP contribution in [-0.2, 0) is 6.42 Å². The highest BCUT2D eigenvalue weighted by Gasteiger charge is 2.21. The summed E-state index contributed by atoms with van der Waals surface area (Å²) in [4.78, 5) is 17.3. The number of amides is 1. The fourth-order valence-electron chi connectivity index (χ4n) is 3.23. The Morgan fingerprint density at radius 1 is 1.36 bits per heavy atom. The van der Waals surface area contributed by atoms with Crippen molar-refractivity contribution in [3.05, 3.63) is 34.7 Å². The fraction of sp³-hybridized carbons (Fsp3) is 0.529. The maximum absolute atomic E-state index is 12.8. The molecule has 0 radical (unpaired) electrons. The summed E-state index contributed by atoms with van der Waals surface area (Å²) in [7, 11) is 0. The molecule has 2 heterocycles. The quantitative estimate of drug-likeness (QED) is 0.869. The summed E-state index contributed by atoms with van der Waals surface area (Å²) in [6.07, 6.45) is 9.67. The van der Waals surface area contributed by atoms with Crippen LogP contribution in [0.4, 0.5) is 0 Å².